The molecule has 0 saturated heterocycles. The van der Waals surface area contributed by atoms with Gasteiger partial charge in [-0.3, -0.25) is 0 Å². The molecule has 3 rings (SSSR count). The zero-order chi connectivity index (χ0) is 10.4. The van der Waals surface area contributed by atoms with Crippen LogP contribution in [0.4, 0.5) is 0 Å². The van der Waals surface area contributed by atoms with Crippen molar-refractivity contribution in [2.24, 2.45) is 5.73 Å². The number of nitrogens with zero attached hydrogens (tertiary/aromatic N) is 1. The standard InChI is InChI=1S/C11H12N2O2/c1-14-7-2-3-10-9(6-7)8(4-5-12)11-13(10)15-11/h2-3,6H,4-5,12H2,1H3. The summed E-state index contributed by atoms with van der Waals surface area (Å²) in [6.45, 7) is 0.632. The fourth-order valence-corrected chi connectivity index (χ4v) is 1.96. The van der Waals surface area contributed by atoms with Crippen molar-refractivity contribution in [3.8, 4) is 11.6 Å². The van der Waals surface area contributed by atoms with E-state index in [0.29, 0.717) is 6.54 Å². The van der Waals surface area contributed by atoms with Gasteiger partial charge in [0.1, 0.15) is 5.75 Å². The lowest BCUT2D eigenvalue weighted by Crippen LogP contribution is -2.02. The third kappa shape index (κ3) is 1.11. The van der Waals surface area contributed by atoms with Crippen LogP contribution < -0.4 is 15.3 Å². The Morgan fingerprint density at radius 1 is 1.47 bits per heavy atom. The smallest absolute Gasteiger partial charge is 0.265 e. The SMILES string of the molecule is COc1ccc2c(c1)c(CCN)c1n2O1. The van der Waals surface area contributed by atoms with E-state index in [9.17, 15) is 0 Å². The summed E-state index contributed by atoms with van der Waals surface area (Å²) in [4.78, 5) is 5.33. The van der Waals surface area contributed by atoms with Gasteiger partial charge >= 0.3 is 0 Å². The van der Waals surface area contributed by atoms with Crippen molar-refractivity contribution in [2.75, 3.05) is 13.7 Å². The molecule has 0 radical (unpaired) electrons. The van der Waals surface area contributed by atoms with E-state index < -0.39 is 0 Å². The van der Waals surface area contributed by atoms with Crippen LogP contribution >= 0.6 is 0 Å². The largest absolute Gasteiger partial charge is 0.497 e. The van der Waals surface area contributed by atoms with Crippen molar-refractivity contribution < 1.29 is 9.57 Å². The van der Waals surface area contributed by atoms with E-state index in [1.807, 2.05) is 22.9 Å². The molecule has 2 heterocycles. The summed E-state index contributed by atoms with van der Waals surface area (Å²) in [6, 6.07) is 5.97. The zero-order valence-corrected chi connectivity index (χ0v) is 8.49. The normalized spacial score (nSPS) is 12.4. The topological polar surface area (TPSA) is 52.7 Å². The molecule has 0 unspecified atom stereocenters. The van der Waals surface area contributed by atoms with Gasteiger partial charge in [-0.15, -0.1) is 4.73 Å². The monoisotopic (exact) mass is 204 g/mol. The Morgan fingerprint density at radius 2 is 2.33 bits per heavy atom. The predicted molar refractivity (Wildman–Crippen MR) is 57.3 cm³/mol. The molecular weight excluding hydrogens is 192 g/mol. The van der Waals surface area contributed by atoms with Gasteiger partial charge in [0.2, 0.25) is 0 Å². The summed E-state index contributed by atoms with van der Waals surface area (Å²) < 4.78 is 7.04. The summed E-state index contributed by atoms with van der Waals surface area (Å²) >= 11 is 0. The molecule has 0 bridgehead atoms. The van der Waals surface area contributed by atoms with Gasteiger partial charge in [0, 0.05) is 10.9 Å². The second-order valence-electron chi connectivity index (χ2n) is 3.59. The van der Waals surface area contributed by atoms with E-state index in [1.54, 1.807) is 7.11 Å². The Balaban J connectivity index is 2.21. The fraction of sp³-hybridized carbons (Fsp3) is 0.273. The molecule has 4 heteroatoms. The summed E-state index contributed by atoms with van der Waals surface area (Å²) in [7, 11) is 1.67. The molecule has 2 N–H and O–H groups in total. The van der Waals surface area contributed by atoms with Crippen LogP contribution in [0.3, 0.4) is 0 Å². The van der Waals surface area contributed by atoms with E-state index in [2.05, 4.69) is 0 Å². The average molecular weight is 204 g/mol. The first-order valence-electron chi connectivity index (χ1n) is 4.95. The van der Waals surface area contributed by atoms with Gasteiger partial charge in [-0.25, -0.2) is 0 Å². The van der Waals surface area contributed by atoms with E-state index in [4.69, 9.17) is 15.3 Å². The first kappa shape index (κ1) is 8.61. The average Bonchev–Trinajstić information content (AvgIpc) is 3.00. The van der Waals surface area contributed by atoms with Gasteiger partial charge < -0.3 is 15.3 Å². The quantitative estimate of drug-likeness (QED) is 0.654. The van der Waals surface area contributed by atoms with Crippen molar-refractivity contribution >= 4 is 10.9 Å². The van der Waals surface area contributed by atoms with Crippen LogP contribution in [-0.4, -0.2) is 18.4 Å². The van der Waals surface area contributed by atoms with Crippen molar-refractivity contribution in [1.29, 1.82) is 0 Å². The number of ether oxygens (including phenoxy) is 1. The summed E-state index contributed by atoms with van der Waals surface area (Å²) in [5, 5.41) is 1.18. The number of nitrogens with two attached hydrogens (primary N) is 1. The zero-order valence-electron chi connectivity index (χ0n) is 8.49. The van der Waals surface area contributed by atoms with Gasteiger partial charge in [-0.1, -0.05) is 0 Å². The molecule has 1 aliphatic rings. The second kappa shape index (κ2) is 2.90. The van der Waals surface area contributed by atoms with Gasteiger partial charge in [0.15, 0.2) is 0 Å². The van der Waals surface area contributed by atoms with E-state index >= 15 is 0 Å². The molecule has 1 aromatic heterocycles. The lowest BCUT2D eigenvalue weighted by molar-refractivity contribution is 0.415. The van der Waals surface area contributed by atoms with Crippen LogP contribution in [0.5, 0.6) is 11.6 Å². The Morgan fingerprint density at radius 3 is 3.07 bits per heavy atom. The molecule has 1 aromatic carbocycles. The van der Waals surface area contributed by atoms with E-state index in [-0.39, 0.29) is 0 Å². The molecule has 0 spiro atoms. The molecule has 1 aliphatic heterocycles. The highest BCUT2D eigenvalue weighted by Gasteiger charge is 2.30. The molecule has 0 amide bonds. The molecule has 0 saturated carbocycles. The predicted octanol–water partition coefficient (Wildman–Crippen LogP) is 1.31. The number of rotatable bonds is 3. The lowest BCUT2D eigenvalue weighted by Gasteiger charge is -2.02. The molecule has 4 nitrogen and oxygen atoms in total. The minimum Gasteiger partial charge on any atom is -0.497 e. The third-order valence-electron chi connectivity index (χ3n) is 2.73. The second-order valence-corrected chi connectivity index (χ2v) is 3.59. The molecule has 15 heavy (non-hydrogen) atoms. The van der Waals surface area contributed by atoms with Gasteiger partial charge in [-0.05, 0) is 31.2 Å². The van der Waals surface area contributed by atoms with Crippen molar-refractivity contribution in [1.82, 2.24) is 4.73 Å². The maximum Gasteiger partial charge on any atom is 0.265 e. The Hall–Kier alpha value is -1.68. The van der Waals surface area contributed by atoms with Crippen molar-refractivity contribution in [3.63, 3.8) is 0 Å². The van der Waals surface area contributed by atoms with Gasteiger partial charge in [0.05, 0.1) is 12.6 Å². The van der Waals surface area contributed by atoms with E-state index in [0.717, 1.165) is 23.6 Å². The molecule has 78 valence electrons. The molecule has 2 aromatic rings. The van der Waals surface area contributed by atoms with Crippen LogP contribution in [0.25, 0.3) is 10.9 Å². The number of hydrogen-bond acceptors (Lipinski definition) is 3. The number of methoxy groups -OCH3 is 1. The van der Waals surface area contributed by atoms with Crippen molar-refractivity contribution in [3.05, 3.63) is 23.8 Å². The number of hydrogen-bond donors (Lipinski definition) is 1. The first-order chi connectivity index (χ1) is 7.35. The Bertz CT molecular complexity index is 531. The number of fused-ring (bicyclic) bond motifs is 3. The van der Waals surface area contributed by atoms with E-state index in [1.165, 1.54) is 10.9 Å². The van der Waals surface area contributed by atoms with Gasteiger partial charge in [0.25, 0.3) is 5.88 Å². The third-order valence-corrected chi connectivity index (χ3v) is 2.73. The highest BCUT2D eigenvalue weighted by atomic mass is 16.8. The molecule has 0 fully saturated rings. The summed E-state index contributed by atoms with van der Waals surface area (Å²) in [5.41, 5.74) is 7.86. The molecule has 0 atom stereocenters. The lowest BCUT2D eigenvalue weighted by atomic mass is 10.1. The maximum absolute atomic E-state index is 5.58. The van der Waals surface area contributed by atoms with Crippen LogP contribution in [0.2, 0.25) is 0 Å². The fourth-order valence-electron chi connectivity index (χ4n) is 1.96. The Kier molecular flexibility index (Phi) is 1.67. The minimum absolute atomic E-state index is 0.632. The molecular formula is C11H12N2O2. The van der Waals surface area contributed by atoms with Gasteiger partial charge in [-0.2, -0.15) is 0 Å². The Labute approximate surface area is 87.1 Å². The first-order valence-corrected chi connectivity index (χ1v) is 4.95. The highest BCUT2D eigenvalue weighted by Crippen LogP contribution is 2.41. The van der Waals surface area contributed by atoms with Crippen LogP contribution in [0, 0.1) is 0 Å². The maximum atomic E-state index is 5.58. The highest BCUT2D eigenvalue weighted by molar-refractivity contribution is 5.89. The molecule has 0 aliphatic carbocycles. The summed E-state index contributed by atoms with van der Waals surface area (Å²) in [6.07, 6.45) is 0.839. The van der Waals surface area contributed by atoms with Crippen LogP contribution in [0.1, 0.15) is 5.56 Å². The number of aromatic nitrogens is 1. The number of benzene rings is 1. The van der Waals surface area contributed by atoms with Crippen molar-refractivity contribution in [2.45, 2.75) is 6.42 Å². The summed E-state index contributed by atoms with van der Waals surface area (Å²) in [5.74, 6) is 1.81. The minimum atomic E-state index is 0.632. The van der Waals surface area contributed by atoms with Crippen LogP contribution in [0.15, 0.2) is 18.2 Å². The van der Waals surface area contributed by atoms with Crippen LogP contribution in [-0.2, 0) is 6.42 Å².